The second kappa shape index (κ2) is 6.38. The Balaban J connectivity index is 3.26. The van der Waals surface area contributed by atoms with Crippen LogP contribution >= 0.6 is 0 Å². The molecule has 0 saturated heterocycles. The van der Waals surface area contributed by atoms with Crippen LogP contribution in [0.1, 0.15) is 38.8 Å². The summed E-state index contributed by atoms with van der Waals surface area (Å²) in [4.78, 5) is 25.4. The summed E-state index contributed by atoms with van der Waals surface area (Å²) < 4.78 is 10.7. The molecule has 1 aromatic carbocycles. The first kappa shape index (κ1) is 18.0. The molecule has 5 heteroatoms. The molecule has 1 atom stereocenters. The number of hydrogen-bond acceptors (Lipinski definition) is 4. The van der Waals surface area contributed by atoms with E-state index in [0.29, 0.717) is 11.3 Å². The van der Waals surface area contributed by atoms with Crippen LogP contribution in [0.5, 0.6) is 5.75 Å². The van der Waals surface area contributed by atoms with Crippen molar-refractivity contribution in [2.75, 3.05) is 14.2 Å². The maximum atomic E-state index is 12.3. The third-order valence-electron chi connectivity index (χ3n) is 3.50. The van der Waals surface area contributed by atoms with Gasteiger partial charge in [-0.15, -0.1) is 0 Å². The number of benzene rings is 1. The number of amides is 1. The summed E-state index contributed by atoms with van der Waals surface area (Å²) in [6.45, 7) is 8.94. The number of nitrogens with zero attached hydrogens (tertiary/aromatic N) is 1. The van der Waals surface area contributed by atoms with Gasteiger partial charge in [0, 0.05) is 12.6 Å². The number of aldehydes is 1. The van der Waals surface area contributed by atoms with Gasteiger partial charge in [-0.3, -0.25) is 4.90 Å². The zero-order valence-corrected chi connectivity index (χ0v) is 14.4. The Bertz CT molecular complexity index is 562. The van der Waals surface area contributed by atoms with Crippen LogP contribution in [0.15, 0.2) is 18.2 Å². The Hall–Kier alpha value is -2.04. The van der Waals surface area contributed by atoms with Crippen molar-refractivity contribution in [1.29, 1.82) is 0 Å². The molecular formula is C17H25NO4. The molecule has 1 aromatic rings. The Labute approximate surface area is 132 Å². The van der Waals surface area contributed by atoms with Crippen molar-refractivity contribution in [3.05, 3.63) is 29.3 Å². The lowest BCUT2D eigenvalue weighted by atomic mass is 9.90. The van der Waals surface area contributed by atoms with Crippen LogP contribution in [-0.4, -0.2) is 37.0 Å². The van der Waals surface area contributed by atoms with Crippen LogP contribution in [0.25, 0.3) is 0 Å². The summed E-state index contributed by atoms with van der Waals surface area (Å²) in [5, 5.41) is 0. The molecule has 0 N–H and O–H groups in total. The average molecular weight is 307 g/mol. The zero-order valence-electron chi connectivity index (χ0n) is 14.4. The molecule has 0 aliphatic heterocycles. The van der Waals surface area contributed by atoms with E-state index in [2.05, 4.69) is 0 Å². The van der Waals surface area contributed by atoms with E-state index < -0.39 is 17.2 Å². The van der Waals surface area contributed by atoms with Crippen molar-refractivity contribution in [2.45, 2.75) is 45.8 Å². The van der Waals surface area contributed by atoms with Gasteiger partial charge in [-0.1, -0.05) is 12.1 Å². The summed E-state index contributed by atoms with van der Waals surface area (Å²) in [6.07, 6.45) is 0.161. The van der Waals surface area contributed by atoms with Gasteiger partial charge in [0.05, 0.1) is 7.11 Å². The minimum Gasteiger partial charge on any atom is -0.496 e. The highest BCUT2D eigenvalue weighted by molar-refractivity contribution is 5.79. The highest BCUT2D eigenvalue weighted by Crippen LogP contribution is 2.34. The third-order valence-corrected chi connectivity index (χ3v) is 3.50. The maximum Gasteiger partial charge on any atom is 0.411 e. The van der Waals surface area contributed by atoms with E-state index in [1.54, 1.807) is 40.8 Å². The summed E-state index contributed by atoms with van der Waals surface area (Å²) in [7, 11) is 3.08. The van der Waals surface area contributed by atoms with Crippen molar-refractivity contribution >= 4 is 12.4 Å². The normalized spacial score (nSPS) is 14.0. The molecule has 5 nitrogen and oxygen atoms in total. The number of ether oxygens (including phenoxy) is 2. The minimum absolute atomic E-state index is 0.560. The molecule has 1 unspecified atom stereocenters. The van der Waals surface area contributed by atoms with Gasteiger partial charge in [-0.2, -0.15) is 0 Å². The highest BCUT2D eigenvalue weighted by atomic mass is 16.6. The van der Waals surface area contributed by atoms with Crippen molar-refractivity contribution in [1.82, 2.24) is 4.90 Å². The van der Waals surface area contributed by atoms with E-state index in [4.69, 9.17) is 9.47 Å². The Morgan fingerprint density at radius 3 is 2.27 bits per heavy atom. The molecule has 0 fully saturated rings. The summed E-state index contributed by atoms with van der Waals surface area (Å²) in [6, 6.07) is 5.51. The first-order valence-electron chi connectivity index (χ1n) is 7.13. The Kier molecular flexibility index (Phi) is 5.22. The molecule has 0 heterocycles. The summed E-state index contributed by atoms with van der Waals surface area (Å²) in [5.41, 5.74) is -0.189. The molecule has 122 valence electrons. The van der Waals surface area contributed by atoms with Crippen LogP contribution in [0, 0.1) is 6.92 Å². The summed E-state index contributed by atoms with van der Waals surface area (Å²) >= 11 is 0. The smallest absolute Gasteiger partial charge is 0.411 e. The highest BCUT2D eigenvalue weighted by Gasteiger charge is 2.38. The van der Waals surface area contributed by atoms with E-state index >= 15 is 0 Å². The second-order valence-electron chi connectivity index (χ2n) is 6.51. The van der Waals surface area contributed by atoms with Gasteiger partial charge in [0.15, 0.2) is 0 Å². The number of likely N-dealkylation sites (N-methyl/N-ethyl adjacent to an activating group) is 1. The molecular weight excluding hydrogens is 282 g/mol. The topological polar surface area (TPSA) is 55.8 Å². The standard InChI is InChI=1S/C17H25NO4/c1-12-8-9-13(14(10-12)21-7)17(5,11-19)18(6)15(20)22-16(2,3)4/h8-11H,1-7H3. The number of carbonyl (C=O) groups is 2. The monoisotopic (exact) mass is 307 g/mol. The van der Waals surface area contributed by atoms with Crippen molar-refractivity contribution < 1.29 is 19.1 Å². The van der Waals surface area contributed by atoms with Crippen LogP contribution < -0.4 is 4.74 Å². The molecule has 0 saturated carbocycles. The van der Waals surface area contributed by atoms with Crippen molar-refractivity contribution in [2.24, 2.45) is 0 Å². The predicted molar refractivity (Wildman–Crippen MR) is 85.1 cm³/mol. The largest absolute Gasteiger partial charge is 0.496 e. The van der Waals surface area contributed by atoms with Gasteiger partial charge in [-0.25, -0.2) is 4.79 Å². The third kappa shape index (κ3) is 3.78. The number of rotatable bonds is 4. The van der Waals surface area contributed by atoms with Gasteiger partial charge < -0.3 is 14.3 Å². The quantitative estimate of drug-likeness (QED) is 0.801. The molecule has 0 aromatic heterocycles. The maximum absolute atomic E-state index is 12.3. The summed E-state index contributed by atoms with van der Waals surface area (Å²) in [5.74, 6) is 0.560. The second-order valence-corrected chi connectivity index (χ2v) is 6.51. The number of carbonyl (C=O) groups excluding carboxylic acids is 2. The van der Waals surface area contributed by atoms with E-state index in [0.717, 1.165) is 11.8 Å². The van der Waals surface area contributed by atoms with E-state index in [1.807, 2.05) is 19.1 Å². The predicted octanol–water partition coefficient (Wildman–Crippen LogP) is 3.28. The lowest BCUT2D eigenvalue weighted by Crippen LogP contribution is -2.48. The first-order chi connectivity index (χ1) is 10.0. The Morgan fingerprint density at radius 1 is 1.23 bits per heavy atom. The van der Waals surface area contributed by atoms with Crippen LogP contribution in [0.2, 0.25) is 0 Å². The van der Waals surface area contributed by atoms with Crippen LogP contribution in [0.3, 0.4) is 0 Å². The van der Waals surface area contributed by atoms with Crippen LogP contribution in [-0.2, 0) is 15.1 Å². The minimum atomic E-state index is -1.18. The fraction of sp³-hybridized carbons (Fsp3) is 0.529. The lowest BCUT2D eigenvalue weighted by Gasteiger charge is -2.36. The van der Waals surface area contributed by atoms with Crippen molar-refractivity contribution in [3.63, 3.8) is 0 Å². The molecule has 0 spiro atoms. The van der Waals surface area contributed by atoms with Gasteiger partial charge >= 0.3 is 6.09 Å². The Morgan fingerprint density at radius 2 is 1.82 bits per heavy atom. The molecule has 1 rings (SSSR count). The zero-order chi connectivity index (χ0) is 17.1. The van der Waals surface area contributed by atoms with E-state index in [9.17, 15) is 9.59 Å². The molecule has 0 bridgehead atoms. The average Bonchev–Trinajstić information content (AvgIpc) is 2.43. The van der Waals surface area contributed by atoms with Gasteiger partial charge in [-0.05, 0) is 46.2 Å². The first-order valence-corrected chi connectivity index (χ1v) is 7.13. The van der Waals surface area contributed by atoms with E-state index in [1.165, 1.54) is 12.0 Å². The van der Waals surface area contributed by atoms with Gasteiger partial charge in [0.2, 0.25) is 0 Å². The van der Waals surface area contributed by atoms with Gasteiger partial charge in [0.1, 0.15) is 23.2 Å². The van der Waals surface area contributed by atoms with E-state index in [-0.39, 0.29) is 0 Å². The molecule has 0 radical (unpaired) electrons. The SMILES string of the molecule is COc1cc(C)ccc1C(C)(C=O)N(C)C(=O)OC(C)(C)C. The molecule has 0 aliphatic rings. The fourth-order valence-corrected chi connectivity index (χ4v) is 2.06. The lowest BCUT2D eigenvalue weighted by molar-refractivity contribution is -0.117. The molecule has 0 aliphatic carbocycles. The molecule has 22 heavy (non-hydrogen) atoms. The fourth-order valence-electron chi connectivity index (χ4n) is 2.06. The number of aryl methyl sites for hydroxylation is 1. The van der Waals surface area contributed by atoms with Gasteiger partial charge in [0.25, 0.3) is 0 Å². The van der Waals surface area contributed by atoms with Crippen LogP contribution in [0.4, 0.5) is 4.79 Å². The van der Waals surface area contributed by atoms with Crippen molar-refractivity contribution in [3.8, 4) is 5.75 Å². The number of methoxy groups -OCH3 is 1. The number of hydrogen-bond donors (Lipinski definition) is 0. The molecule has 1 amide bonds.